The number of aromatic carboxylic acids is 1. The highest BCUT2D eigenvalue weighted by Crippen LogP contribution is 2.36. The quantitative estimate of drug-likeness (QED) is 0.805. The molecule has 0 aromatic heterocycles. The highest BCUT2D eigenvalue weighted by Gasteiger charge is 2.30. The number of hydrogen-bond acceptors (Lipinski definition) is 4. The lowest BCUT2D eigenvalue weighted by molar-refractivity contribution is 0.0693. The first-order valence-electron chi connectivity index (χ1n) is 5.96. The molecule has 0 spiro atoms. The molecule has 0 atom stereocenters. The van der Waals surface area contributed by atoms with Crippen LogP contribution in [0.2, 0.25) is 0 Å². The number of Topliss-reactive ketones (excluding diaryl/α,β-unsaturated/α-hetero) is 1. The van der Waals surface area contributed by atoms with Crippen molar-refractivity contribution >= 4 is 11.8 Å². The van der Waals surface area contributed by atoms with Gasteiger partial charge in [-0.1, -0.05) is 24.3 Å². The van der Waals surface area contributed by atoms with Gasteiger partial charge in [0.25, 0.3) is 0 Å². The molecule has 100 valence electrons. The van der Waals surface area contributed by atoms with E-state index in [1.54, 1.807) is 6.08 Å². The minimum absolute atomic E-state index is 0.0178. The number of benzene rings is 1. The first-order valence-corrected chi connectivity index (χ1v) is 5.96. The molecule has 2 aliphatic rings. The molecule has 20 heavy (non-hydrogen) atoms. The van der Waals surface area contributed by atoms with Gasteiger partial charge in [-0.2, -0.15) is 0 Å². The maximum atomic E-state index is 12.2. The van der Waals surface area contributed by atoms with Crippen LogP contribution < -0.4 is 4.74 Å². The Morgan fingerprint density at radius 1 is 1.25 bits per heavy atom. The molecule has 1 heterocycles. The fraction of sp³-hybridized carbons (Fsp3) is 0.0667. The Kier molecular flexibility index (Phi) is 2.68. The molecule has 3 rings (SSSR count). The number of phenols is 1. The third-order valence-electron chi connectivity index (χ3n) is 3.14. The summed E-state index contributed by atoms with van der Waals surface area (Å²) in [5.41, 5.74) is -0.167. The molecule has 5 nitrogen and oxygen atoms in total. The normalized spacial score (nSPS) is 18.6. The number of rotatable bonds is 2. The molecular weight excluding hydrogens is 260 g/mol. The maximum Gasteiger partial charge on any atom is 0.339 e. The molecule has 1 aliphatic carbocycles. The lowest BCUT2D eigenvalue weighted by Crippen LogP contribution is -2.02. The topological polar surface area (TPSA) is 83.8 Å². The summed E-state index contributed by atoms with van der Waals surface area (Å²) in [4.78, 5) is 23.1. The summed E-state index contributed by atoms with van der Waals surface area (Å²) in [5, 5.41) is 18.5. The summed E-state index contributed by atoms with van der Waals surface area (Å²) >= 11 is 0. The van der Waals surface area contributed by atoms with Gasteiger partial charge in [0.2, 0.25) is 5.78 Å². The number of hydrogen-bond donors (Lipinski definition) is 2. The summed E-state index contributed by atoms with van der Waals surface area (Å²) in [6.07, 6.45) is 9.17. The van der Waals surface area contributed by atoms with Crippen LogP contribution in [0, 0.1) is 5.92 Å². The number of carboxylic acids is 1. The van der Waals surface area contributed by atoms with Crippen LogP contribution in [0.4, 0.5) is 0 Å². The average molecular weight is 270 g/mol. The molecule has 0 amide bonds. The zero-order chi connectivity index (χ0) is 14.3. The number of allylic oxidation sites excluding steroid dienone is 6. The molecule has 0 radical (unpaired) electrons. The van der Waals surface area contributed by atoms with Crippen molar-refractivity contribution in [3.8, 4) is 11.5 Å². The van der Waals surface area contributed by atoms with E-state index in [1.807, 2.05) is 24.3 Å². The molecule has 1 aromatic carbocycles. The van der Waals surface area contributed by atoms with Crippen LogP contribution in [0.1, 0.15) is 20.7 Å². The Labute approximate surface area is 114 Å². The Balaban J connectivity index is 2.00. The van der Waals surface area contributed by atoms with E-state index in [4.69, 9.17) is 9.84 Å². The molecule has 2 N–H and O–H groups in total. The second-order valence-electron chi connectivity index (χ2n) is 4.48. The van der Waals surface area contributed by atoms with E-state index in [1.165, 1.54) is 0 Å². The van der Waals surface area contributed by atoms with Gasteiger partial charge in [0.1, 0.15) is 17.1 Å². The monoisotopic (exact) mass is 270 g/mol. The smallest absolute Gasteiger partial charge is 0.339 e. The molecule has 1 aromatic rings. The van der Waals surface area contributed by atoms with Crippen molar-refractivity contribution in [1.29, 1.82) is 0 Å². The molecular formula is C15H10O5. The van der Waals surface area contributed by atoms with Gasteiger partial charge in [-0.3, -0.25) is 4.79 Å². The van der Waals surface area contributed by atoms with E-state index in [0.29, 0.717) is 0 Å². The van der Waals surface area contributed by atoms with Crippen molar-refractivity contribution in [2.45, 2.75) is 0 Å². The van der Waals surface area contributed by atoms with Crippen LogP contribution in [0.3, 0.4) is 0 Å². The number of ether oxygens (including phenoxy) is 1. The van der Waals surface area contributed by atoms with Gasteiger partial charge >= 0.3 is 5.97 Å². The van der Waals surface area contributed by atoms with Gasteiger partial charge < -0.3 is 14.9 Å². The van der Waals surface area contributed by atoms with Crippen molar-refractivity contribution in [2.24, 2.45) is 5.92 Å². The van der Waals surface area contributed by atoms with Crippen LogP contribution in [-0.2, 0) is 0 Å². The van der Waals surface area contributed by atoms with Gasteiger partial charge in [-0.15, -0.1) is 0 Å². The first kappa shape index (κ1) is 12.2. The van der Waals surface area contributed by atoms with Gasteiger partial charge in [-0.05, 0) is 12.1 Å². The minimum Gasteiger partial charge on any atom is -0.507 e. The largest absolute Gasteiger partial charge is 0.507 e. The molecule has 0 saturated heterocycles. The predicted octanol–water partition coefficient (Wildman–Crippen LogP) is 2.29. The van der Waals surface area contributed by atoms with E-state index < -0.39 is 11.7 Å². The summed E-state index contributed by atoms with van der Waals surface area (Å²) in [6.45, 7) is 0. The van der Waals surface area contributed by atoms with Crippen LogP contribution >= 0.6 is 0 Å². The van der Waals surface area contributed by atoms with E-state index >= 15 is 0 Å². The van der Waals surface area contributed by atoms with Crippen LogP contribution in [0.25, 0.3) is 0 Å². The van der Waals surface area contributed by atoms with Gasteiger partial charge in [0.15, 0.2) is 5.76 Å². The number of carbonyl (C=O) groups is 2. The van der Waals surface area contributed by atoms with Crippen molar-refractivity contribution in [2.75, 3.05) is 0 Å². The zero-order valence-electron chi connectivity index (χ0n) is 10.2. The summed E-state index contributed by atoms with van der Waals surface area (Å²) in [7, 11) is 0. The fourth-order valence-electron chi connectivity index (χ4n) is 2.14. The highest BCUT2D eigenvalue weighted by atomic mass is 16.5. The van der Waals surface area contributed by atoms with Crippen molar-refractivity contribution in [3.05, 3.63) is 59.4 Å². The van der Waals surface area contributed by atoms with Crippen LogP contribution in [0.15, 0.2) is 48.3 Å². The van der Waals surface area contributed by atoms with E-state index in [9.17, 15) is 14.7 Å². The Hall–Kier alpha value is -2.82. The number of fused-ring (bicyclic) bond motifs is 1. The first-order chi connectivity index (χ1) is 9.56. The van der Waals surface area contributed by atoms with E-state index in [0.717, 1.165) is 12.1 Å². The third kappa shape index (κ3) is 1.89. The third-order valence-corrected chi connectivity index (χ3v) is 3.14. The lowest BCUT2D eigenvalue weighted by Gasteiger charge is -2.02. The predicted molar refractivity (Wildman–Crippen MR) is 69.9 cm³/mol. The summed E-state index contributed by atoms with van der Waals surface area (Å²) in [5.74, 6) is -1.80. The lowest BCUT2D eigenvalue weighted by atomic mass is 10.0. The summed E-state index contributed by atoms with van der Waals surface area (Å²) in [6, 6.07) is 2.29. The Morgan fingerprint density at radius 2 is 1.95 bits per heavy atom. The van der Waals surface area contributed by atoms with Crippen molar-refractivity contribution in [1.82, 2.24) is 0 Å². The molecule has 1 aliphatic heterocycles. The second-order valence-corrected chi connectivity index (χ2v) is 4.48. The number of ketones is 1. The maximum absolute atomic E-state index is 12.2. The summed E-state index contributed by atoms with van der Waals surface area (Å²) < 4.78 is 5.39. The average Bonchev–Trinajstić information content (AvgIpc) is 2.99. The van der Waals surface area contributed by atoms with Gasteiger partial charge in [0.05, 0.1) is 5.56 Å². The Bertz CT molecular complexity index is 697. The second kappa shape index (κ2) is 4.38. The minimum atomic E-state index is -1.29. The van der Waals surface area contributed by atoms with E-state index in [-0.39, 0.29) is 34.3 Å². The molecule has 0 unspecified atom stereocenters. The molecule has 0 saturated carbocycles. The number of aromatic hydroxyl groups is 1. The van der Waals surface area contributed by atoms with E-state index in [2.05, 4.69) is 0 Å². The van der Waals surface area contributed by atoms with Crippen LogP contribution in [-0.4, -0.2) is 22.0 Å². The van der Waals surface area contributed by atoms with Gasteiger partial charge in [-0.25, -0.2) is 4.79 Å². The Morgan fingerprint density at radius 3 is 2.60 bits per heavy atom. The zero-order valence-corrected chi connectivity index (χ0v) is 10.2. The number of carboxylic acid groups (broad SMARTS) is 1. The molecule has 0 bridgehead atoms. The highest BCUT2D eigenvalue weighted by molar-refractivity contribution is 6.13. The molecule has 5 heteroatoms. The number of carbonyl (C=O) groups excluding carboxylic acids is 1. The van der Waals surface area contributed by atoms with Crippen molar-refractivity contribution < 1.29 is 24.5 Å². The fourth-order valence-corrected chi connectivity index (χ4v) is 2.14. The van der Waals surface area contributed by atoms with Crippen molar-refractivity contribution in [3.63, 3.8) is 0 Å². The van der Waals surface area contributed by atoms with Crippen LogP contribution in [0.5, 0.6) is 11.5 Å². The SMILES string of the molecule is O=C(O)c1cc2c(cc1O)OC(=CC1C=CC=C1)C2=O. The van der Waals surface area contributed by atoms with Gasteiger partial charge in [0, 0.05) is 12.0 Å². The standard InChI is InChI=1S/C15H10O5/c16-11-7-12-10(6-9(11)15(18)19)14(17)13(20-12)5-8-3-1-2-4-8/h1-8,16H,(H,18,19). The molecule has 0 fully saturated rings.